The Kier molecular flexibility index (Phi) is 3.05. The Morgan fingerprint density at radius 3 is 2.92 bits per heavy atom. The first-order chi connectivity index (χ1) is 5.74. The van der Waals surface area contributed by atoms with Gasteiger partial charge in [-0.1, -0.05) is 0 Å². The van der Waals surface area contributed by atoms with E-state index >= 15 is 0 Å². The van der Waals surface area contributed by atoms with Gasteiger partial charge in [-0.05, 0) is 19.1 Å². The first-order valence-corrected chi connectivity index (χ1v) is 4.08. The number of anilines is 1. The van der Waals surface area contributed by atoms with Gasteiger partial charge < -0.3 is 10.6 Å². The summed E-state index contributed by atoms with van der Waals surface area (Å²) in [4.78, 5) is 6.24. The van der Waals surface area contributed by atoms with Crippen molar-refractivity contribution in [3.8, 4) is 0 Å². The van der Waals surface area contributed by atoms with E-state index in [2.05, 4.69) is 16.0 Å². The van der Waals surface area contributed by atoms with E-state index in [9.17, 15) is 0 Å². The first kappa shape index (κ1) is 9.00. The first-order valence-electron chi connectivity index (χ1n) is 4.08. The van der Waals surface area contributed by atoms with Gasteiger partial charge in [-0.15, -0.1) is 0 Å². The van der Waals surface area contributed by atoms with Crippen LogP contribution in [-0.2, 0) is 0 Å². The number of rotatable bonds is 3. The minimum absolute atomic E-state index is 0.678. The minimum atomic E-state index is 0.678. The van der Waals surface area contributed by atoms with E-state index in [-0.39, 0.29) is 0 Å². The summed E-state index contributed by atoms with van der Waals surface area (Å²) in [5, 5.41) is 0. The molecule has 0 saturated heterocycles. The molecule has 0 aliphatic heterocycles. The molecule has 2 N–H and O–H groups in total. The Hall–Kier alpha value is -1.09. The minimum Gasteiger partial charge on any atom is -0.373 e. The van der Waals surface area contributed by atoms with Crippen molar-refractivity contribution in [1.82, 2.24) is 4.98 Å². The summed E-state index contributed by atoms with van der Waals surface area (Å²) < 4.78 is 0. The maximum Gasteiger partial charge on any atom is 0.0397 e. The summed E-state index contributed by atoms with van der Waals surface area (Å²) >= 11 is 0. The molecule has 1 heterocycles. The third-order valence-electron chi connectivity index (χ3n) is 1.79. The molecule has 1 aromatic rings. The van der Waals surface area contributed by atoms with Crippen LogP contribution in [0.3, 0.4) is 0 Å². The highest BCUT2D eigenvalue weighted by atomic mass is 15.1. The number of hydrogen-bond donors (Lipinski definition) is 1. The summed E-state index contributed by atoms with van der Waals surface area (Å²) in [6.45, 7) is 3.54. The number of likely N-dealkylation sites (N-methyl/N-ethyl adjacent to an activating group) is 1. The van der Waals surface area contributed by atoms with Crippen molar-refractivity contribution in [3.05, 3.63) is 24.0 Å². The second-order valence-corrected chi connectivity index (χ2v) is 2.87. The van der Waals surface area contributed by atoms with Crippen LogP contribution in [0.4, 0.5) is 5.69 Å². The molecule has 3 nitrogen and oxygen atoms in total. The van der Waals surface area contributed by atoms with E-state index < -0.39 is 0 Å². The Morgan fingerprint density at radius 2 is 2.33 bits per heavy atom. The van der Waals surface area contributed by atoms with Crippen LogP contribution in [0.15, 0.2) is 18.3 Å². The van der Waals surface area contributed by atoms with E-state index in [1.165, 1.54) is 5.69 Å². The van der Waals surface area contributed by atoms with Crippen LogP contribution in [0.5, 0.6) is 0 Å². The lowest BCUT2D eigenvalue weighted by Gasteiger charge is -2.17. The normalized spacial score (nSPS) is 9.92. The monoisotopic (exact) mass is 165 g/mol. The lowest BCUT2D eigenvalue weighted by molar-refractivity contribution is 0.883. The zero-order chi connectivity index (χ0) is 8.97. The molecule has 0 amide bonds. The fraction of sp³-hybridized carbons (Fsp3) is 0.444. The molecule has 1 rings (SSSR count). The van der Waals surface area contributed by atoms with Crippen molar-refractivity contribution < 1.29 is 0 Å². The third kappa shape index (κ3) is 2.20. The lowest BCUT2D eigenvalue weighted by atomic mass is 10.3. The van der Waals surface area contributed by atoms with E-state index in [1.807, 2.05) is 26.2 Å². The molecule has 12 heavy (non-hydrogen) atoms. The van der Waals surface area contributed by atoms with Crippen LogP contribution < -0.4 is 10.6 Å². The second-order valence-electron chi connectivity index (χ2n) is 2.87. The SMILES string of the molecule is Cc1cc(N(C)CCN)ccn1. The highest BCUT2D eigenvalue weighted by Crippen LogP contribution is 2.10. The van der Waals surface area contributed by atoms with Crippen molar-refractivity contribution >= 4 is 5.69 Å². The summed E-state index contributed by atoms with van der Waals surface area (Å²) in [5.74, 6) is 0. The molecule has 1 aromatic heterocycles. The van der Waals surface area contributed by atoms with Crippen LogP contribution in [0.2, 0.25) is 0 Å². The summed E-state index contributed by atoms with van der Waals surface area (Å²) in [7, 11) is 2.03. The second kappa shape index (κ2) is 4.07. The van der Waals surface area contributed by atoms with Gasteiger partial charge in [-0.3, -0.25) is 4.98 Å². The number of nitrogens with two attached hydrogens (primary N) is 1. The molecule has 0 fully saturated rings. The topological polar surface area (TPSA) is 42.1 Å². The van der Waals surface area contributed by atoms with Gasteiger partial charge in [0, 0.05) is 37.7 Å². The third-order valence-corrected chi connectivity index (χ3v) is 1.79. The van der Waals surface area contributed by atoms with Gasteiger partial charge in [-0.2, -0.15) is 0 Å². The Labute approximate surface area is 73.2 Å². The fourth-order valence-corrected chi connectivity index (χ4v) is 1.09. The zero-order valence-corrected chi connectivity index (χ0v) is 7.62. The Balaban J connectivity index is 2.73. The summed E-state index contributed by atoms with van der Waals surface area (Å²) in [5.41, 5.74) is 7.66. The smallest absolute Gasteiger partial charge is 0.0397 e. The van der Waals surface area contributed by atoms with Gasteiger partial charge in [0.05, 0.1) is 0 Å². The molecule has 66 valence electrons. The van der Waals surface area contributed by atoms with Crippen LogP contribution in [-0.4, -0.2) is 25.1 Å². The molecule has 0 spiro atoms. The van der Waals surface area contributed by atoms with Crippen molar-refractivity contribution in [3.63, 3.8) is 0 Å². The molecule has 0 radical (unpaired) electrons. The molecule has 0 unspecified atom stereocenters. The summed E-state index contributed by atoms with van der Waals surface area (Å²) in [6.07, 6.45) is 1.82. The molecule has 0 aliphatic carbocycles. The van der Waals surface area contributed by atoms with Gasteiger partial charge in [0.15, 0.2) is 0 Å². The maximum absolute atomic E-state index is 5.45. The van der Waals surface area contributed by atoms with E-state index in [4.69, 9.17) is 5.73 Å². The predicted octanol–water partition coefficient (Wildman–Crippen LogP) is 0.785. The number of aryl methyl sites for hydroxylation is 1. The van der Waals surface area contributed by atoms with Gasteiger partial charge in [0.1, 0.15) is 0 Å². The molecule has 0 aromatic carbocycles. The van der Waals surface area contributed by atoms with Crippen LogP contribution in [0.1, 0.15) is 5.69 Å². The average Bonchev–Trinajstić information content (AvgIpc) is 2.05. The number of aromatic nitrogens is 1. The van der Waals surface area contributed by atoms with Gasteiger partial charge in [0.2, 0.25) is 0 Å². The zero-order valence-electron chi connectivity index (χ0n) is 7.62. The van der Waals surface area contributed by atoms with E-state index in [0.717, 1.165) is 12.2 Å². The predicted molar refractivity (Wildman–Crippen MR) is 51.3 cm³/mol. The van der Waals surface area contributed by atoms with Crippen molar-refractivity contribution in [2.45, 2.75) is 6.92 Å². The quantitative estimate of drug-likeness (QED) is 0.720. The largest absolute Gasteiger partial charge is 0.373 e. The molecule has 0 aliphatic rings. The molecule has 0 bridgehead atoms. The van der Waals surface area contributed by atoms with Gasteiger partial charge in [0.25, 0.3) is 0 Å². The van der Waals surface area contributed by atoms with Crippen LogP contribution in [0.25, 0.3) is 0 Å². The number of pyridine rings is 1. The number of hydrogen-bond acceptors (Lipinski definition) is 3. The number of nitrogens with zero attached hydrogens (tertiary/aromatic N) is 2. The fourth-order valence-electron chi connectivity index (χ4n) is 1.09. The molecule has 3 heteroatoms. The van der Waals surface area contributed by atoms with Crippen LogP contribution in [0, 0.1) is 6.92 Å². The van der Waals surface area contributed by atoms with Crippen LogP contribution >= 0.6 is 0 Å². The molecular formula is C9H15N3. The van der Waals surface area contributed by atoms with Crippen molar-refractivity contribution in [2.75, 3.05) is 25.0 Å². The highest BCUT2D eigenvalue weighted by Gasteiger charge is 1.98. The Bertz CT molecular complexity index is 247. The highest BCUT2D eigenvalue weighted by molar-refractivity contribution is 5.45. The molecule has 0 saturated carbocycles. The van der Waals surface area contributed by atoms with Crippen molar-refractivity contribution in [1.29, 1.82) is 0 Å². The van der Waals surface area contributed by atoms with Gasteiger partial charge >= 0.3 is 0 Å². The lowest BCUT2D eigenvalue weighted by Crippen LogP contribution is -2.24. The molecule has 0 atom stereocenters. The standard InChI is InChI=1S/C9H15N3/c1-8-7-9(3-5-11-8)12(2)6-4-10/h3,5,7H,4,6,10H2,1-2H3. The summed E-state index contributed by atoms with van der Waals surface area (Å²) in [6, 6.07) is 4.04. The van der Waals surface area contributed by atoms with Crippen molar-refractivity contribution in [2.24, 2.45) is 5.73 Å². The van der Waals surface area contributed by atoms with E-state index in [0.29, 0.717) is 6.54 Å². The maximum atomic E-state index is 5.45. The Morgan fingerprint density at radius 1 is 1.58 bits per heavy atom. The average molecular weight is 165 g/mol. The van der Waals surface area contributed by atoms with Gasteiger partial charge in [-0.25, -0.2) is 0 Å². The molecular weight excluding hydrogens is 150 g/mol. The van der Waals surface area contributed by atoms with E-state index in [1.54, 1.807) is 0 Å².